The Morgan fingerprint density at radius 3 is 2.36 bits per heavy atom. The molecule has 0 unspecified atom stereocenters. The summed E-state index contributed by atoms with van der Waals surface area (Å²) in [6.07, 6.45) is 0. The van der Waals surface area contributed by atoms with Crippen molar-refractivity contribution in [3.05, 3.63) is 58.1 Å². The van der Waals surface area contributed by atoms with E-state index in [1.807, 2.05) is 0 Å². The van der Waals surface area contributed by atoms with Gasteiger partial charge in [-0.3, -0.25) is 0 Å². The Labute approximate surface area is 139 Å². The predicted octanol–water partition coefficient (Wildman–Crippen LogP) is 5.25. The van der Waals surface area contributed by atoms with Gasteiger partial charge in [-0.25, -0.2) is 4.79 Å². The van der Waals surface area contributed by atoms with Crippen LogP contribution in [0.25, 0.3) is 0 Å². The Morgan fingerprint density at radius 2 is 1.77 bits per heavy atom. The van der Waals surface area contributed by atoms with Crippen LogP contribution in [0.2, 0.25) is 10.0 Å². The minimum Gasteiger partial charge on any atom is -0.493 e. The van der Waals surface area contributed by atoms with Crippen LogP contribution in [-0.4, -0.2) is 12.6 Å². The summed E-state index contributed by atoms with van der Waals surface area (Å²) < 4.78 is 10.8. The van der Waals surface area contributed by atoms with Crippen molar-refractivity contribution in [3.8, 4) is 11.5 Å². The van der Waals surface area contributed by atoms with Crippen molar-refractivity contribution in [1.29, 1.82) is 0 Å². The van der Waals surface area contributed by atoms with Crippen molar-refractivity contribution in [3.63, 3.8) is 0 Å². The number of carbonyl (C=O) groups is 1. The number of hydrogen-bond donors (Lipinski definition) is 0. The number of carbonyl (C=O) groups excluding carboxylic acids is 1. The molecule has 0 bridgehead atoms. The lowest BCUT2D eigenvalue weighted by Gasteiger charge is -2.09. The summed E-state index contributed by atoms with van der Waals surface area (Å²) in [6.45, 7) is 4.77. The zero-order chi connectivity index (χ0) is 16.1. The molecule has 0 N–H and O–H groups in total. The van der Waals surface area contributed by atoms with Crippen molar-refractivity contribution >= 4 is 29.2 Å². The van der Waals surface area contributed by atoms with E-state index in [1.54, 1.807) is 36.4 Å². The van der Waals surface area contributed by atoms with E-state index in [2.05, 4.69) is 13.8 Å². The molecule has 0 fully saturated rings. The fourth-order valence-electron chi connectivity index (χ4n) is 1.67. The van der Waals surface area contributed by atoms with E-state index in [0.717, 1.165) is 5.75 Å². The highest BCUT2D eigenvalue weighted by Crippen LogP contribution is 2.28. The van der Waals surface area contributed by atoms with Gasteiger partial charge >= 0.3 is 5.97 Å². The summed E-state index contributed by atoms with van der Waals surface area (Å²) in [5, 5.41) is 0.772. The van der Waals surface area contributed by atoms with E-state index in [9.17, 15) is 4.79 Å². The quantitative estimate of drug-likeness (QED) is 0.551. The van der Waals surface area contributed by atoms with Gasteiger partial charge < -0.3 is 9.47 Å². The molecule has 0 amide bonds. The van der Waals surface area contributed by atoms with E-state index in [4.69, 9.17) is 32.7 Å². The summed E-state index contributed by atoms with van der Waals surface area (Å²) in [5.41, 5.74) is 0.419. The number of benzene rings is 2. The normalized spacial score (nSPS) is 10.6. The van der Waals surface area contributed by atoms with Gasteiger partial charge in [0, 0.05) is 5.02 Å². The third kappa shape index (κ3) is 4.65. The highest BCUT2D eigenvalue weighted by atomic mass is 35.5. The molecular formula is C17H16Cl2O3. The van der Waals surface area contributed by atoms with Crippen molar-refractivity contribution in [2.75, 3.05) is 6.61 Å². The number of rotatable bonds is 5. The molecule has 22 heavy (non-hydrogen) atoms. The summed E-state index contributed by atoms with van der Waals surface area (Å²) >= 11 is 11.8. The second kappa shape index (κ2) is 7.52. The molecule has 0 saturated carbocycles. The smallest absolute Gasteiger partial charge is 0.343 e. The maximum atomic E-state index is 12.1. The molecule has 0 atom stereocenters. The molecule has 0 aliphatic rings. The van der Waals surface area contributed by atoms with Gasteiger partial charge in [-0.05, 0) is 48.4 Å². The first kappa shape index (κ1) is 16.7. The highest BCUT2D eigenvalue weighted by Gasteiger charge is 2.11. The number of esters is 1. The van der Waals surface area contributed by atoms with E-state index < -0.39 is 5.97 Å². The van der Waals surface area contributed by atoms with E-state index in [-0.39, 0.29) is 10.8 Å². The maximum absolute atomic E-state index is 12.1. The number of halogens is 2. The van der Waals surface area contributed by atoms with Crippen LogP contribution in [0.5, 0.6) is 11.5 Å². The van der Waals surface area contributed by atoms with Gasteiger partial charge in [-0.1, -0.05) is 37.0 Å². The molecule has 0 aliphatic carbocycles. The van der Waals surface area contributed by atoms with Crippen LogP contribution in [0.15, 0.2) is 42.5 Å². The van der Waals surface area contributed by atoms with E-state index in [0.29, 0.717) is 23.1 Å². The Balaban J connectivity index is 2.03. The molecule has 0 radical (unpaired) electrons. The zero-order valence-electron chi connectivity index (χ0n) is 12.3. The second-order valence-electron chi connectivity index (χ2n) is 5.19. The average molecular weight is 339 g/mol. The zero-order valence-corrected chi connectivity index (χ0v) is 13.8. The molecule has 116 valence electrons. The second-order valence-corrected chi connectivity index (χ2v) is 6.04. The molecule has 0 spiro atoms. The van der Waals surface area contributed by atoms with Crippen molar-refractivity contribution in [1.82, 2.24) is 0 Å². The molecule has 0 saturated heterocycles. The van der Waals surface area contributed by atoms with Crippen LogP contribution in [0.1, 0.15) is 24.2 Å². The van der Waals surface area contributed by atoms with Crippen LogP contribution in [0, 0.1) is 5.92 Å². The van der Waals surface area contributed by atoms with Gasteiger partial charge in [0.15, 0.2) is 0 Å². The van der Waals surface area contributed by atoms with Crippen molar-refractivity contribution in [2.24, 2.45) is 5.92 Å². The molecular weight excluding hydrogens is 323 g/mol. The SMILES string of the molecule is CC(C)COc1ccc(C(=O)Oc2ccc(Cl)cc2Cl)cc1. The van der Waals surface area contributed by atoms with Crippen LogP contribution in [0.3, 0.4) is 0 Å². The van der Waals surface area contributed by atoms with Gasteiger partial charge in [0.1, 0.15) is 11.5 Å². The lowest BCUT2D eigenvalue weighted by Crippen LogP contribution is -2.09. The number of ether oxygens (including phenoxy) is 2. The molecule has 0 heterocycles. The van der Waals surface area contributed by atoms with Gasteiger partial charge in [0.05, 0.1) is 17.2 Å². The number of hydrogen-bond acceptors (Lipinski definition) is 3. The summed E-state index contributed by atoms with van der Waals surface area (Å²) in [7, 11) is 0. The Bertz CT molecular complexity index is 651. The van der Waals surface area contributed by atoms with Crippen molar-refractivity contribution in [2.45, 2.75) is 13.8 Å². The Kier molecular flexibility index (Phi) is 5.69. The fourth-order valence-corrected chi connectivity index (χ4v) is 2.11. The third-order valence-corrected chi connectivity index (χ3v) is 3.30. The van der Waals surface area contributed by atoms with Crippen LogP contribution in [-0.2, 0) is 0 Å². The molecule has 2 aromatic rings. The summed E-state index contributed by atoms with van der Waals surface area (Å²) in [4.78, 5) is 12.1. The summed E-state index contributed by atoms with van der Waals surface area (Å²) in [6, 6.07) is 11.5. The first-order chi connectivity index (χ1) is 10.5. The van der Waals surface area contributed by atoms with Gasteiger partial charge in [0.2, 0.25) is 0 Å². The van der Waals surface area contributed by atoms with E-state index >= 15 is 0 Å². The Morgan fingerprint density at radius 1 is 1.09 bits per heavy atom. The Hall–Kier alpha value is -1.71. The van der Waals surface area contributed by atoms with Gasteiger partial charge in [-0.2, -0.15) is 0 Å². The first-order valence-corrected chi connectivity index (χ1v) is 7.61. The average Bonchev–Trinajstić information content (AvgIpc) is 2.48. The minimum absolute atomic E-state index is 0.274. The van der Waals surface area contributed by atoms with E-state index in [1.165, 1.54) is 6.07 Å². The van der Waals surface area contributed by atoms with Crippen LogP contribution < -0.4 is 9.47 Å². The molecule has 0 aliphatic heterocycles. The van der Waals surface area contributed by atoms with Gasteiger partial charge in [-0.15, -0.1) is 0 Å². The summed E-state index contributed by atoms with van der Waals surface area (Å²) in [5.74, 6) is 0.947. The fraction of sp³-hybridized carbons (Fsp3) is 0.235. The third-order valence-electron chi connectivity index (χ3n) is 2.77. The topological polar surface area (TPSA) is 35.5 Å². The lowest BCUT2D eigenvalue weighted by atomic mass is 10.2. The minimum atomic E-state index is -0.486. The molecule has 5 heteroatoms. The molecule has 3 nitrogen and oxygen atoms in total. The molecule has 0 aromatic heterocycles. The maximum Gasteiger partial charge on any atom is 0.343 e. The monoisotopic (exact) mass is 338 g/mol. The van der Waals surface area contributed by atoms with Crippen LogP contribution >= 0.6 is 23.2 Å². The predicted molar refractivity (Wildman–Crippen MR) is 88.2 cm³/mol. The van der Waals surface area contributed by atoms with Crippen LogP contribution in [0.4, 0.5) is 0 Å². The molecule has 2 aromatic carbocycles. The largest absolute Gasteiger partial charge is 0.493 e. The highest BCUT2D eigenvalue weighted by molar-refractivity contribution is 6.35. The van der Waals surface area contributed by atoms with Gasteiger partial charge in [0.25, 0.3) is 0 Å². The van der Waals surface area contributed by atoms with Crippen molar-refractivity contribution < 1.29 is 14.3 Å². The lowest BCUT2D eigenvalue weighted by molar-refractivity contribution is 0.0735. The first-order valence-electron chi connectivity index (χ1n) is 6.86. The molecule has 2 rings (SSSR count). The standard InChI is InChI=1S/C17H16Cl2O3/c1-11(2)10-21-14-6-3-12(4-7-14)17(20)22-16-8-5-13(18)9-15(16)19/h3-9,11H,10H2,1-2H3.